The Morgan fingerprint density at radius 2 is 1.91 bits per heavy atom. The van der Waals surface area contributed by atoms with Gasteiger partial charge in [-0.3, -0.25) is 9.59 Å². The molecule has 1 aromatic heterocycles. The minimum absolute atomic E-state index is 0.0564. The van der Waals surface area contributed by atoms with Crippen LogP contribution in [0.1, 0.15) is 34.0 Å². The highest BCUT2D eigenvalue weighted by Gasteiger charge is 2.35. The molecule has 1 amide bonds. The molecule has 6 rings (SSSR count). The van der Waals surface area contributed by atoms with E-state index in [0.29, 0.717) is 40.8 Å². The summed E-state index contributed by atoms with van der Waals surface area (Å²) in [6.45, 7) is 2.38. The Hall–Kier alpha value is -4.25. The third kappa shape index (κ3) is 3.46. The zero-order valence-electron chi connectivity index (χ0n) is 18.4. The molecule has 2 bridgehead atoms. The van der Waals surface area contributed by atoms with Gasteiger partial charge in [0.2, 0.25) is 6.79 Å². The molecule has 1 saturated heterocycles. The van der Waals surface area contributed by atoms with E-state index >= 15 is 0 Å². The van der Waals surface area contributed by atoms with Crippen molar-refractivity contribution in [3.63, 3.8) is 0 Å². The van der Waals surface area contributed by atoms with Crippen LogP contribution in [0.25, 0.3) is 0 Å². The van der Waals surface area contributed by atoms with Crippen molar-refractivity contribution >= 4 is 17.3 Å². The van der Waals surface area contributed by atoms with Crippen LogP contribution in [0.2, 0.25) is 0 Å². The first kappa shape index (κ1) is 20.4. The summed E-state index contributed by atoms with van der Waals surface area (Å²) in [5.74, 6) is 1.47. The van der Waals surface area contributed by atoms with Gasteiger partial charge in [0.25, 0.3) is 11.5 Å². The summed E-state index contributed by atoms with van der Waals surface area (Å²) in [6, 6.07) is 18.2. The van der Waals surface area contributed by atoms with Crippen molar-refractivity contribution in [2.24, 2.45) is 5.92 Å². The maximum Gasteiger partial charge on any atom is 0.255 e. The number of carbonyl (C=O) groups excluding carboxylic acids is 1. The van der Waals surface area contributed by atoms with Gasteiger partial charge in [0.1, 0.15) is 6.07 Å². The van der Waals surface area contributed by atoms with Gasteiger partial charge < -0.3 is 24.3 Å². The topological polar surface area (TPSA) is 96.6 Å². The Bertz CT molecular complexity index is 1410. The fourth-order valence-corrected chi connectivity index (χ4v) is 5.31. The first-order valence-corrected chi connectivity index (χ1v) is 11.3. The maximum absolute atomic E-state index is 12.7. The second-order valence-corrected chi connectivity index (χ2v) is 8.97. The first-order valence-electron chi connectivity index (χ1n) is 11.3. The predicted molar refractivity (Wildman–Crippen MR) is 125 cm³/mol. The molecule has 2 atom stereocenters. The second-order valence-electron chi connectivity index (χ2n) is 8.97. The number of amides is 1. The zero-order valence-corrected chi connectivity index (χ0v) is 18.4. The fraction of sp³-hybridized carbons (Fsp3) is 0.269. The van der Waals surface area contributed by atoms with Crippen LogP contribution in [0.3, 0.4) is 0 Å². The van der Waals surface area contributed by atoms with Crippen LogP contribution in [0.15, 0.2) is 59.4 Å². The summed E-state index contributed by atoms with van der Waals surface area (Å²) in [4.78, 5) is 27.3. The molecule has 1 N–H and O–H groups in total. The number of benzene rings is 2. The minimum atomic E-state index is -0.288. The number of piperidine rings is 1. The van der Waals surface area contributed by atoms with Gasteiger partial charge in [-0.05, 0) is 54.8 Å². The molecule has 0 radical (unpaired) electrons. The van der Waals surface area contributed by atoms with E-state index in [1.54, 1.807) is 30.3 Å². The molecule has 3 aliphatic rings. The third-order valence-corrected chi connectivity index (χ3v) is 6.83. The number of carbonyl (C=O) groups is 1. The molecule has 3 aliphatic heterocycles. The molecule has 170 valence electrons. The quantitative estimate of drug-likeness (QED) is 0.652. The third-order valence-electron chi connectivity index (χ3n) is 6.83. The van der Waals surface area contributed by atoms with Crippen molar-refractivity contribution < 1.29 is 14.3 Å². The van der Waals surface area contributed by atoms with Gasteiger partial charge in [0.15, 0.2) is 11.5 Å². The highest BCUT2D eigenvalue weighted by molar-refractivity contribution is 6.04. The van der Waals surface area contributed by atoms with Gasteiger partial charge in [0.05, 0.1) is 11.3 Å². The normalized spacial score (nSPS) is 19.8. The monoisotopic (exact) mass is 454 g/mol. The molecule has 8 heteroatoms. The van der Waals surface area contributed by atoms with Crippen molar-refractivity contribution in [2.45, 2.75) is 18.9 Å². The average molecular weight is 454 g/mol. The molecule has 0 spiro atoms. The van der Waals surface area contributed by atoms with Gasteiger partial charge in [-0.2, -0.15) is 5.26 Å². The summed E-state index contributed by atoms with van der Waals surface area (Å²) >= 11 is 0. The number of ether oxygens (including phenoxy) is 2. The van der Waals surface area contributed by atoms with Crippen LogP contribution in [-0.4, -0.2) is 30.4 Å². The molecule has 0 aliphatic carbocycles. The van der Waals surface area contributed by atoms with E-state index in [2.05, 4.69) is 16.3 Å². The van der Waals surface area contributed by atoms with Crippen LogP contribution in [0.5, 0.6) is 11.5 Å². The van der Waals surface area contributed by atoms with Crippen molar-refractivity contribution in [1.29, 1.82) is 5.26 Å². The van der Waals surface area contributed by atoms with Crippen molar-refractivity contribution in [3.05, 3.63) is 81.8 Å². The Labute approximate surface area is 195 Å². The molecule has 4 heterocycles. The van der Waals surface area contributed by atoms with Crippen LogP contribution in [-0.2, 0) is 6.54 Å². The lowest BCUT2D eigenvalue weighted by Crippen LogP contribution is -2.47. The van der Waals surface area contributed by atoms with E-state index in [9.17, 15) is 14.9 Å². The van der Waals surface area contributed by atoms with E-state index in [0.717, 1.165) is 30.9 Å². The van der Waals surface area contributed by atoms with Crippen LogP contribution in [0.4, 0.5) is 11.4 Å². The molecular weight excluding hydrogens is 432 g/mol. The van der Waals surface area contributed by atoms with E-state index in [1.165, 1.54) is 0 Å². The fourth-order valence-electron chi connectivity index (χ4n) is 5.31. The highest BCUT2D eigenvalue weighted by atomic mass is 16.7. The Kier molecular flexibility index (Phi) is 4.77. The lowest BCUT2D eigenvalue weighted by Gasteiger charge is -2.44. The van der Waals surface area contributed by atoms with Gasteiger partial charge in [0, 0.05) is 48.6 Å². The van der Waals surface area contributed by atoms with Crippen LogP contribution < -0.4 is 25.2 Å². The number of rotatable bonds is 3. The summed E-state index contributed by atoms with van der Waals surface area (Å²) < 4.78 is 12.5. The number of hydrogen-bond donors (Lipinski definition) is 1. The number of pyridine rings is 1. The number of fused-ring (bicyclic) bond motifs is 5. The summed E-state index contributed by atoms with van der Waals surface area (Å²) in [6.07, 6.45) is 1.05. The maximum atomic E-state index is 12.7. The SMILES string of the molecule is N#Cc1cc(NC(=O)c2ccc3c(c2)OCO3)ccc1N1CC2CC(C1)c1cccc(=O)n1C2. The molecule has 0 saturated carbocycles. The smallest absolute Gasteiger partial charge is 0.255 e. The molecule has 2 unspecified atom stereocenters. The molecule has 3 aromatic rings. The number of nitrogens with zero attached hydrogens (tertiary/aromatic N) is 3. The lowest BCUT2D eigenvalue weighted by molar-refractivity contribution is 0.102. The van der Waals surface area contributed by atoms with E-state index in [1.807, 2.05) is 28.8 Å². The largest absolute Gasteiger partial charge is 0.454 e. The molecule has 1 fully saturated rings. The number of hydrogen-bond acceptors (Lipinski definition) is 6. The van der Waals surface area contributed by atoms with Gasteiger partial charge in [-0.1, -0.05) is 6.07 Å². The number of nitriles is 1. The van der Waals surface area contributed by atoms with E-state index in [4.69, 9.17) is 9.47 Å². The molecule has 8 nitrogen and oxygen atoms in total. The summed E-state index contributed by atoms with van der Waals surface area (Å²) in [5, 5.41) is 12.7. The summed E-state index contributed by atoms with van der Waals surface area (Å²) in [5.41, 5.74) is 3.49. The number of aromatic nitrogens is 1. The van der Waals surface area contributed by atoms with Crippen LogP contribution in [0, 0.1) is 17.2 Å². The zero-order chi connectivity index (χ0) is 23.2. The van der Waals surface area contributed by atoms with Gasteiger partial charge in [-0.25, -0.2) is 0 Å². The molecular formula is C26H22N4O4. The van der Waals surface area contributed by atoms with E-state index < -0.39 is 0 Å². The Morgan fingerprint density at radius 1 is 1.03 bits per heavy atom. The highest BCUT2D eigenvalue weighted by Crippen LogP contribution is 2.38. The number of anilines is 2. The van der Waals surface area contributed by atoms with Crippen molar-refractivity contribution in [3.8, 4) is 17.6 Å². The van der Waals surface area contributed by atoms with Gasteiger partial charge in [-0.15, -0.1) is 0 Å². The number of nitrogens with one attached hydrogen (secondary N) is 1. The Balaban J connectivity index is 1.23. The van der Waals surface area contributed by atoms with Gasteiger partial charge >= 0.3 is 0 Å². The van der Waals surface area contributed by atoms with Crippen molar-refractivity contribution in [2.75, 3.05) is 30.1 Å². The predicted octanol–water partition coefficient (Wildman–Crippen LogP) is 3.32. The molecule has 2 aromatic carbocycles. The lowest BCUT2D eigenvalue weighted by atomic mass is 9.82. The summed E-state index contributed by atoms with van der Waals surface area (Å²) in [7, 11) is 0. The standard InChI is InChI=1S/C26H22N4O4/c27-11-18-9-20(28-26(32)17-4-7-23-24(10-17)34-15-33-23)5-6-21(18)29-12-16-8-19(14-29)22-2-1-3-25(31)30(22)13-16/h1-7,9-10,16,19H,8,12-15H2,(H,28,32). The Morgan fingerprint density at radius 3 is 2.79 bits per heavy atom. The molecule has 34 heavy (non-hydrogen) atoms. The first-order chi connectivity index (χ1) is 16.6. The van der Waals surface area contributed by atoms with Crippen LogP contribution >= 0.6 is 0 Å². The second kappa shape index (κ2) is 7.96. The van der Waals surface area contributed by atoms with Crippen molar-refractivity contribution in [1.82, 2.24) is 4.57 Å². The minimum Gasteiger partial charge on any atom is -0.454 e. The van der Waals surface area contributed by atoms with E-state index in [-0.39, 0.29) is 24.2 Å². The average Bonchev–Trinajstić information content (AvgIpc) is 3.32.